The minimum absolute atomic E-state index is 0.000608. The van der Waals surface area contributed by atoms with Gasteiger partial charge in [0.2, 0.25) is 11.8 Å². The molecule has 1 aliphatic rings. The number of rotatable bonds is 7. The Labute approximate surface area is 188 Å². The summed E-state index contributed by atoms with van der Waals surface area (Å²) in [5.41, 5.74) is 2.07. The first-order valence-electron chi connectivity index (χ1n) is 10.6. The van der Waals surface area contributed by atoms with Crippen LogP contribution in [0.3, 0.4) is 0 Å². The zero-order chi connectivity index (χ0) is 23.1. The number of piperazine rings is 1. The van der Waals surface area contributed by atoms with Crippen molar-refractivity contribution < 1.29 is 14.4 Å². The highest BCUT2D eigenvalue weighted by atomic mass is 16.2. The molecule has 32 heavy (non-hydrogen) atoms. The van der Waals surface area contributed by atoms with Crippen LogP contribution in [0.4, 0.5) is 5.69 Å². The van der Waals surface area contributed by atoms with Gasteiger partial charge < -0.3 is 20.4 Å². The molecule has 0 aliphatic carbocycles. The van der Waals surface area contributed by atoms with Gasteiger partial charge in [-0.15, -0.1) is 0 Å². The molecule has 8 nitrogen and oxygen atoms in total. The predicted molar refractivity (Wildman–Crippen MR) is 123 cm³/mol. The Morgan fingerprint density at radius 3 is 2.62 bits per heavy atom. The van der Waals surface area contributed by atoms with Crippen molar-refractivity contribution in [1.82, 2.24) is 20.5 Å². The van der Waals surface area contributed by atoms with E-state index in [1.807, 2.05) is 37.3 Å². The normalized spacial score (nSPS) is 16.8. The molecule has 1 aromatic heterocycles. The van der Waals surface area contributed by atoms with Crippen molar-refractivity contribution in [2.24, 2.45) is 0 Å². The summed E-state index contributed by atoms with van der Waals surface area (Å²) in [7, 11) is 1.55. The van der Waals surface area contributed by atoms with Crippen molar-refractivity contribution >= 4 is 23.4 Å². The largest absolute Gasteiger partial charge is 0.365 e. The zero-order valence-corrected chi connectivity index (χ0v) is 18.5. The number of hydrogen-bond donors (Lipinski definition) is 2. The molecular formula is C24H29N5O3. The zero-order valence-electron chi connectivity index (χ0n) is 18.5. The van der Waals surface area contributed by atoms with Gasteiger partial charge in [-0.25, -0.2) is 0 Å². The number of benzene rings is 1. The quantitative estimate of drug-likeness (QED) is 0.641. The summed E-state index contributed by atoms with van der Waals surface area (Å²) < 4.78 is 0. The Balaban J connectivity index is 1.79. The fourth-order valence-electron chi connectivity index (χ4n) is 3.93. The maximum atomic E-state index is 13.2. The number of likely N-dealkylation sites (N-methyl/N-ethyl adjacent to an activating group) is 1. The van der Waals surface area contributed by atoms with E-state index in [1.54, 1.807) is 24.2 Å². The molecular weight excluding hydrogens is 406 g/mol. The van der Waals surface area contributed by atoms with Crippen molar-refractivity contribution in [3.05, 3.63) is 72.6 Å². The molecule has 0 radical (unpaired) electrons. The molecule has 2 aromatic rings. The lowest BCUT2D eigenvalue weighted by Crippen LogP contribution is -2.54. The summed E-state index contributed by atoms with van der Waals surface area (Å²) in [6.07, 6.45) is 4.85. The van der Waals surface area contributed by atoms with Gasteiger partial charge >= 0.3 is 0 Å². The molecule has 2 N–H and O–H groups in total. The number of carbonyl (C=O) groups is 3. The fourth-order valence-corrected chi connectivity index (χ4v) is 3.93. The Hall–Kier alpha value is -3.68. The van der Waals surface area contributed by atoms with Crippen molar-refractivity contribution in [3.63, 3.8) is 0 Å². The molecule has 168 valence electrons. The van der Waals surface area contributed by atoms with Crippen LogP contribution in [-0.2, 0) is 16.0 Å². The Morgan fingerprint density at radius 1 is 1.22 bits per heavy atom. The van der Waals surface area contributed by atoms with E-state index in [-0.39, 0.29) is 23.8 Å². The van der Waals surface area contributed by atoms with Crippen LogP contribution in [0.2, 0.25) is 0 Å². The topological polar surface area (TPSA) is 94.6 Å². The second-order valence-electron chi connectivity index (χ2n) is 7.75. The van der Waals surface area contributed by atoms with Crippen molar-refractivity contribution in [2.45, 2.75) is 25.4 Å². The number of anilines is 1. The van der Waals surface area contributed by atoms with E-state index in [9.17, 15) is 14.4 Å². The fraction of sp³-hybridized carbons (Fsp3) is 0.333. The van der Waals surface area contributed by atoms with Crippen LogP contribution >= 0.6 is 0 Å². The van der Waals surface area contributed by atoms with E-state index >= 15 is 0 Å². The number of nitrogens with zero attached hydrogens (tertiary/aromatic N) is 3. The van der Waals surface area contributed by atoms with Gasteiger partial charge in [-0.1, -0.05) is 36.9 Å². The third kappa shape index (κ3) is 5.32. The summed E-state index contributed by atoms with van der Waals surface area (Å²) in [4.78, 5) is 45.6. The second-order valence-corrected chi connectivity index (χ2v) is 7.75. The van der Waals surface area contributed by atoms with Gasteiger partial charge in [-0.05, 0) is 24.6 Å². The van der Waals surface area contributed by atoms with Gasteiger partial charge in [0.1, 0.15) is 6.04 Å². The third-order valence-electron chi connectivity index (χ3n) is 5.62. The first kappa shape index (κ1) is 23.0. The highest BCUT2D eigenvalue weighted by molar-refractivity contribution is 6.01. The maximum Gasteiger partial charge on any atom is 0.255 e. The van der Waals surface area contributed by atoms with Crippen LogP contribution in [0.15, 0.2) is 61.4 Å². The van der Waals surface area contributed by atoms with Crippen LogP contribution in [0.5, 0.6) is 0 Å². The van der Waals surface area contributed by atoms with E-state index < -0.39 is 6.04 Å². The summed E-state index contributed by atoms with van der Waals surface area (Å²) in [5, 5.41) is 5.49. The van der Waals surface area contributed by atoms with E-state index in [0.717, 1.165) is 11.3 Å². The smallest absolute Gasteiger partial charge is 0.255 e. The molecule has 3 amide bonds. The molecule has 1 unspecified atom stereocenters. The molecule has 2 heterocycles. The van der Waals surface area contributed by atoms with Gasteiger partial charge in [0, 0.05) is 51.5 Å². The van der Waals surface area contributed by atoms with Crippen LogP contribution in [0, 0.1) is 0 Å². The Morgan fingerprint density at radius 2 is 1.97 bits per heavy atom. The van der Waals surface area contributed by atoms with Gasteiger partial charge in [0.05, 0.1) is 11.3 Å². The van der Waals surface area contributed by atoms with Crippen LogP contribution in [0.1, 0.15) is 22.8 Å². The van der Waals surface area contributed by atoms with Crippen LogP contribution < -0.4 is 15.5 Å². The number of amides is 3. The van der Waals surface area contributed by atoms with Gasteiger partial charge in [0.15, 0.2) is 0 Å². The highest BCUT2D eigenvalue weighted by Crippen LogP contribution is 2.24. The molecule has 3 rings (SSSR count). The average Bonchev–Trinajstić information content (AvgIpc) is 2.83. The maximum absolute atomic E-state index is 13.2. The summed E-state index contributed by atoms with van der Waals surface area (Å²) >= 11 is 0. The van der Waals surface area contributed by atoms with Crippen LogP contribution in [-0.4, -0.2) is 66.4 Å². The summed E-state index contributed by atoms with van der Waals surface area (Å²) in [6.45, 7) is 7.21. The van der Waals surface area contributed by atoms with Gasteiger partial charge in [0.25, 0.3) is 5.91 Å². The predicted octanol–water partition coefficient (Wildman–Crippen LogP) is 1.39. The average molecular weight is 436 g/mol. The SMILES string of the molecule is C=CC(=O)N1CCN(c2ccncc2C(=O)N[C@H](Cc2ccccc2)C(=O)NC)C(C)C1. The lowest BCUT2D eigenvalue weighted by Gasteiger charge is -2.41. The number of carbonyl (C=O) groups excluding carboxylic acids is 3. The van der Waals surface area contributed by atoms with Crippen LogP contribution in [0.25, 0.3) is 0 Å². The summed E-state index contributed by atoms with van der Waals surface area (Å²) in [6, 6.07) is 10.6. The number of hydrogen-bond acceptors (Lipinski definition) is 5. The summed E-state index contributed by atoms with van der Waals surface area (Å²) in [5.74, 6) is -0.731. The highest BCUT2D eigenvalue weighted by Gasteiger charge is 2.29. The molecule has 0 bridgehead atoms. The third-order valence-corrected chi connectivity index (χ3v) is 5.62. The van der Waals surface area contributed by atoms with Crippen molar-refractivity contribution in [2.75, 3.05) is 31.6 Å². The first-order chi connectivity index (χ1) is 15.4. The Kier molecular flexibility index (Phi) is 7.59. The van der Waals surface area contributed by atoms with Gasteiger partial charge in [-0.2, -0.15) is 0 Å². The van der Waals surface area contributed by atoms with E-state index in [4.69, 9.17) is 0 Å². The second kappa shape index (κ2) is 10.6. The minimum atomic E-state index is -0.720. The molecule has 1 saturated heterocycles. The lowest BCUT2D eigenvalue weighted by molar-refractivity contribution is -0.126. The van der Waals surface area contributed by atoms with E-state index in [0.29, 0.717) is 31.6 Å². The molecule has 1 fully saturated rings. The first-order valence-corrected chi connectivity index (χ1v) is 10.6. The number of nitrogens with one attached hydrogen (secondary N) is 2. The molecule has 0 spiro atoms. The number of pyridine rings is 1. The van der Waals surface area contributed by atoms with E-state index in [2.05, 4.69) is 27.1 Å². The monoisotopic (exact) mass is 435 g/mol. The molecule has 1 aliphatic heterocycles. The standard InChI is InChI=1S/C24H29N5O3/c1-4-22(30)28-12-13-29(17(2)16-28)21-10-11-26-15-19(21)23(31)27-20(24(32)25-3)14-18-8-6-5-7-9-18/h4-11,15,17,20H,1,12-14,16H2,2-3H3,(H,25,32)(H,27,31)/t17?,20-/m1/s1. The van der Waals surface area contributed by atoms with Gasteiger partial charge in [-0.3, -0.25) is 19.4 Å². The molecule has 1 aromatic carbocycles. The lowest BCUT2D eigenvalue weighted by atomic mass is 10.0. The number of aromatic nitrogens is 1. The molecule has 0 saturated carbocycles. The van der Waals surface area contributed by atoms with Crippen molar-refractivity contribution in [1.29, 1.82) is 0 Å². The Bertz CT molecular complexity index is 979. The minimum Gasteiger partial charge on any atom is -0.365 e. The van der Waals surface area contributed by atoms with Crippen molar-refractivity contribution in [3.8, 4) is 0 Å². The van der Waals surface area contributed by atoms with E-state index in [1.165, 1.54) is 12.3 Å². The molecule has 8 heteroatoms. The molecule has 2 atom stereocenters.